The summed E-state index contributed by atoms with van der Waals surface area (Å²) in [6.45, 7) is 5.11. The lowest BCUT2D eigenvalue weighted by Crippen LogP contribution is -2.18. The molecule has 1 aliphatic rings. The van der Waals surface area contributed by atoms with Crippen molar-refractivity contribution in [1.82, 2.24) is 14.5 Å². The second kappa shape index (κ2) is 9.22. The minimum Gasteiger partial charge on any atom is -0.454 e. The van der Waals surface area contributed by atoms with Crippen molar-refractivity contribution in [2.24, 2.45) is 0 Å². The first-order valence-corrected chi connectivity index (χ1v) is 10.4. The normalized spacial score (nSPS) is 16.3. The van der Waals surface area contributed by atoms with Crippen molar-refractivity contribution >= 4 is 28.9 Å². The van der Waals surface area contributed by atoms with Gasteiger partial charge in [-0.1, -0.05) is 12.1 Å². The number of aryl methyl sites for hydroxylation is 1. The van der Waals surface area contributed by atoms with E-state index in [0.717, 1.165) is 48.4 Å². The zero-order chi connectivity index (χ0) is 21.8. The fourth-order valence-corrected chi connectivity index (χ4v) is 3.82. The molecule has 4 rings (SSSR count). The van der Waals surface area contributed by atoms with Gasteiger partial charge < -0.3 is 14.0 Å². The molecule has 0 bridgehead atoms. The van der Waals surface area contributed by atoms with Gasteiger partial charge in [0.25, 0.3) is 0 Å². The van der Waals surface area contributed by atoms with E-state index < -0.39 is 5.97 Å². The monoisotopic (exact) mass is 419 g/mol. The Morgan fingerprint density at radius 1 is 1.26 bits per heavy atom. The predicted octanol–water partition coefficient (Wildman–Crippen LogP) is 3.67. The zero-order valence-electron chi connectivity index (χ0n) is 17.7. The maximum Gasteiger partial charge on any atom is 0.331 e. The van der Waals surface area contributed by atoms with Crippen LogP contribution in [0.2, 0.25) is 0 Å². The van der Waals surface area contributed by atoms with Crippen molar-refractivity contribution in [2.75, 3.05) is 13.2 Å². The molecule has 1 atom stereocenters. The summed E-state index contributed by atoms with van der Waals surface area (Å²) >= 11 is 0. The summed E-state index contributed by atoms with van der Waals surface area (Å²) in [4.78, 5) is 33.4. The Bertz CT molecular complexity index is 1140. The number of carbonyl (C=O) groups is 2. The number of rotatable bonds is 7. The molecule has 3 aromatic rings. The number of benzene rings is 1. The quantitative estimate of drug-likeness (QED) is 0.330. The molecule has 1 fully saturated rings. The number of aromatic nitrogens is 3. The van der Waals surface area contributed by atoms with Gasteiger partial charge in [-0.05, 0) is 51.0 Å². The van der Waals surface area contributed by atoms with Crippen LogP contribution in [-0.2, 0) is 20.8 Å². The summed E-state index contributed by atoms with van der Waals surface area (Å²) in [7, 11) is 0. The highest BCUT2D eigenvalue weighted by atomic mass is 16.5. The van der Waals surface area contributed by atoms with Gasteiger partial charge in [0.2, 0.25) is 5.78 Å². The van der Waals surface area contributed by atoms with E-state index in [4.69, 9.17) is 9.47 Å². The third-order valence-electron chi connectivity index (χ3n) is 5.49. The van der Waals surface area contributed by atoms with Gasteiger partial charge in [0, 0.05) is 36.2 Å². The number of carbonyl (C=O) groups excluding carboxylic acids is 2. The first-order chi connectivity index (χ1) is 15.0. The molecule has 0 unspecified atom stereocenters. The van der Waals surface area contributed by atoms with Gasteiger partial charge in [0.05, 0.1) is 29.0 Å². The van der Waals surface area contributed by atoms with Gasteiger partial charge >= 0.3 is 5.97 Å². The van der Waals surface area contributed by atoms with Crippen LogP contribution >= 0.6 is 0 Å². The van der Waals surface area contributed by atoms with Gasteiger partial charge in [-0.25, -0.2) is 9.78 Å². The average molecular weight is 419 g/mol. The molecule has 7 heteroatoms. The second-order valence-corrected chi connectivity index (χ2v) is 7.68. The predicted molar refractivity (Wildman–Crippen MR) is 117 cm³/mol. The number of esters is 1. The third-order valence-corrected chi connectivity index (χ3v) is 5.49. The van der Waals surface area contributed by atoms with Gasteiger partial charge in [0.15, 0.2) is 6.61 Å². The van der Waals surface area contributed by atoms with Crippen molar-refractivity contribution in [3.05, 3.63) is 65.2 Å². The Balaban J connectivity index is 1.35. The van der Waals surface area contributed by atoms with Crippen molar-refractivity contribution < 1.29 is 19.1 Å². The second-order valence-electron chi connectivity index (χ2n) is 7.68. The molecule has 1 aromatic carbocycles. The van der Waals surface area contributed by atoms with Crippen LogP contribution in [0.5, 0.6) is 0 Å². The van der Waals surface area contributed by atoms with Crippen LogP contribution in [0.1, 0.15) is 40.3 Å². The summed E-state index contributed by atoms with van der Waals surface area (Å²) in [5.41, 5.74) is 4.51. The largest absolute Gasteiger partial charge is 0.454 e. The Hall–Kier alpha value is -3.32. The number of para-hydroxylation sites is 2. The van der Waals surface area contributed by atoms with Crippen molar-refractivity contribution in [1.29, 1.82) is 0 Å². The van der Waals surface area contributed by atoms with Crippen LogP contribution in [0, 0.1) is 13.8 Å². The topological polar surface area (TPSA) is 83.3 Å². The van der Waals surface area contributed by atoms with Gasteiger partial charge in [-0.3, -0.25) is 9.78 Å². The minimum atomic E-state index is -0.600. The fourth-order valence-electron chi connectivity index (χ4n) is 3.82. The molecule has 0 aliphatic carbocycles. The van der Waals surface area contributed by atoms with Crippen molar-refractivity contribution in [3.63, 3.8) is 0 Å². The van der Waals surface area contributed by atoms with E-state index in [9.17, 15) is 9.59 Å². The molecule has 31 heavy (non-hydrogen) atoms. The highest BCUT2D eigenvalue weighted by molar-refractivity contribution is 6.00. The number of fused-ring (bicyclic) bond motifs is 1. The lowest BCUT2D eigenvalue weighted by atomic mass is 10.1. The average Bonchev–Trinajstić information content (AvgIpc) is 3.39. The SMILES string of the molecule is Cc1cc(C(=O)COC(=O)/C=C/c2cnc3ccccc3n2)c(C)n1C[C@@H]1CCCO1. The summed E-state index contributed by atoms with van der Waals surface area (Å²) in [6, 6.07) is 9.34. The van der Waals surface area contributed by atoms with E-state index in [2.05, 4.69) is 14.5 Å². The maximum atomic E-state index is 12.6. The smallest absolute Gasteiger partial charge is 0.331 e. The highest BCUT2D eigenvalue weighted by Gasteiger charge is 2.21. The van der Waals surface area contributed by atoms with Crippen LogP contribution in [0.15, 0.2) is 42.6 Å². The number of ether oxygens (including phenoxy) is 2. The molecule has 0 amide bonds. The van der Waals surface area contributed by atoms with E-state index >= 15 is 0 Å². The number of hydrogen-bond acceptors (Lipinski definition) is 6. The van der Waals surface area contributed by atoms with Crippen molar-refractivity contribution in [2.45, 2.75) is 39.3 Å². The third kappa shape index (κ3) is 4.88. The highest BCUT2D eigenvalue weighted by Crippen LogP contribution is 2.21. The van der Waals surface area contributed by atoms with Gasteiger partial charge in [0.1, 0.15) is 0 Å². The number of hydrogen-bond donors (Lipinski definition) is 0. The van der Waals surface area contributed by atoms with Crippen LogP contribution in [0.4, 0.5) is 0 Å². The van der Waals surface area contributed by atoms with E-state index in [0.29, 0.717) is 11.3 Å². The Kier molecular flexibility index (Phi) is 6.23. The number of nitrogens with zero attached hydrogens (tertiary/aromatic N) is 3. The summed E-state index contributed by atoms with van der Waals surface area (Å²) in [6.07, 6.45) is 6.66. The van der Waals surface area contributed by atoms with Crippen molar-refractivity contribution in [3.8, 4) is 0 Å². The van der Waals surface area contributed by atoms with Crippen LogP contribution < -0.4 is 0 Å². The Morgan fingerprint density at radius 3 is 2.84 bits per heavy atom. The molecule has 2 aromatic heterocycles. The Labute approximate surface area is 180 Å². The lowest BCUT2D eigenvalue weighted by Gasteiger charge is -2.14. The van der Waals surface area contributed by atoms with Crippen LogP contribution in [-0.4, -0.2) is 45.6 Å². The van der Waals surface area contributed by atoms with E-state index in [1.807, 2.05) is 44.2 Å². The minimum absolute atomic E-state index is 0.189. The molecule has 1 aliphatic heterocycles. The first kappa shape index (κ1) is 20.9. The summed E-state index contributed by atoms with van der Waals surface area (Å²) in [5, 5.41) is 0. The Morgan fingerprint density at radius 2 is 2.06 bits per heavy atom. The molecular weight excluding hydrogens is 394 g/mol. The first-order valence-electron chi connectivity index (χ1n) is 10.4. The molecule has 0 radical (unpaired) electrons. The number of Topliss-reactive ketones (excluding diaryl/α,β-unsaturated/α-hetero) is 1. The molecule has 3 heterocycles. The summed E-state index contributed by atoms with van der Waals surface area (Å²) < 4.78 is 13.0. The molecule has 0 saturated carbocycles. The zero-order valence-corrected chi connectivity index (χ0v) is 17.7. The molecule has 7 nitrogen and oxygen atoms in total. The molecular formula is C24H25N3O4. The number of ketones is 1. The molecule has 1 saturated heterocycles. The maximum absolute atomic E-state index is 12.6. The van der Waals surface area contributed by atoms with Crippen LogP contribution in [0.3, 0.4) is 0 Å². The fraction of sp³-hybridized carbons (Fsp3) is 0.333. The summed E-state index contributed by atoms with van der Waals surface area (Å²) in [5.74, 6) is -0.824. The van der Waals surface area contributed by atoms with E-state index in [1.54, 1.807) is 6.20 Å². The molecule has 160 valence electrons. The van der Waals surface area contributed by atoms with E-state index in [-0.39, 0.29) is 18.5 Å². The van der Waals surface area contributed by atoms with Gasteiger partial charge in [-0.2, -0.15) is 0 Å². The molecule has 0 N–H and O–H groups in total. The lowest BCUT2D eigenvalue weighted by molar-refractivity contribution is -0.136. The standard InChI is InChI=1S/C24H25N3O4/c1-16-12-20(17(2)27(16)14-19-6-5-11-30-19)23(28)15-31-24(29)10-9-18-13-25-21-7-3-4-8-22(21)26-18/h3-4,7-10,12-13,19H,5-6,11,14-15H2,1-2H3/b10-9+/t19-/m0/s1. The van der Waals surface area contributed by atoms with Crippen LogP contribution in [0.25, 0.3) is 17.1 Å². The molecule has 0 spiro atoms. The van der Waals surface area contributed by atoms with Gasteiger partial charge in [-0.15, -0.1) is 0 Å². The van der Waals surface area contributed by atoms with E-state index in [1.165, 1.54) is 12.2 Å².